The predicted octanol–water partition coefficient (Wildman–Crippen LogP) is 3.16. The summed E-state index contributed by atoms with van der Waals surface area (Å²) in [6.45, 7) is 19.3. The first-order chi connectivity index (χ1) is 41.8. The van der Waals surface area contributed by atoms with Crippen LogP contribution in [0.4, 0.5) is 0 Å². The lowest BCUT2D eigenvalue weighted by atomic mass is 9.55. The summed E-state index contributed by atoms with van der Waals surface area (Å²) in [5.41, 5.74) is 37.4. The fourth-order valence-corrected chi connectivity index (χ4v) is 16.6. The fourth-order valence-electron chi connectivity index (χ4n) is 15.4. The van der Waals surface area contributed by atoms with Gasteiger partial charge in [-0.25, -0.2) is 9.55 Å². The second kappa shape index (κ2) is 25.6. The molecule has 0 radical (unpaired) electrons. The van der Waals surface area contributed by atoms with Gasteiger partial charge in [0.1, 0.15) is 18.3 Å². The second-order valence-corrected chi connectivity index (χ2v) is 28.4. The molecule has 0 aliphatic carbocycles. The molecule has 0 spiro atoms. The van der Waals surface area contributed by atoms with Crippen LogP contribution < -0.4 is 45.0 Å². The normalized spacial score (nSPS) is 32.8. The molecule has 1 aromatic carbocycles. The molecule has 492 valence electrons. The maximum Gasteiger partial charge on any atom is 0.472 e. The Morgan fingerprint density at radius 2 is 1.40 bits per heavy atom. The Morgan fingerprint density at radius 3 is 1.99 bits per heavy atom. The average Bonchev–Trinajstić information content (AvgIpc) is 1.53. The first kappa shape index (κ1) is 68.9. The molecule has 6 aliphatic heterocycles. The van der Waals surface area contributed by atoms with E-state index in [1.54, 1.807) is 4.57 Å². The van der Waals surface area contributed by atoms with Crippen molar-refractivity contribution in [2.24, 2.45) is 94.7 Å². The summed E-state index contributed by atoms with van der Waals surface area (Å²) in [6.07, 6.45) is -4.26. The lowest BCUT2D eigenvalue weighted by Gasteiger charge is -2.48. The van der Waals surface area contributed by atoms with Crippen LogP contribution in [0, 0.1) is 59.2 Å². The largest absolute Gasteiger partial charge is 0.472 e. The second-order valence-electron chi connectivity index (χ2n) is 27.1. The molecule has 2 fully saturated rings. The van der Waals surface area contributed by atoms with Gasteiger partial charge in [-0.15, -0.1) is 0 Å². The number of nitrogens with two attached hydrogens (primary N) is 6. The molecule has 2 saturated heterocycles. The van der Waals surface area contributed by atoms with Crippen molar-refractivity contribution in [3.8, 4) is 0 Å². The zero-order valence-corrected chi connectivity index (χ0v) is 54.1. The molecule has 0 saturated carbocycles. The van der Waals surface area contributed by atoms with Gasteiger partial charge in [0.2, 0.25) is 41.4 Å². The maximum atomic E-state index is 14.4. The first-order valence-corrected chi connectivity index (χ1v) is 32.1. The first-order valence-electron chi connectivity index (χ1n) is 30.6. The molecule has 7 heterocycles. The minimum atomic E-state index is -5.07. The Morgan fingerprint density at radius 1 is 0.800 bits per heavy atom. The molecule has 6 aliphatic rings. The number of carbonyl (C=O) groups is 7. The number of aromatic nitrogens is 2. The van der Waals surface area contributed by atoms with Crippen LogP contribution in [0.15, 0.2) is 67.8 Å². The number of hydrogen-bond donors (Lipinski definition) is 11. The summed E-state index contributed by atoms with van der Waals surface area (Å²) in [7, 11) is -5.07. The number of fused-ring (bicyclic) bond motifs is 7. The number of allylic oxidation sites excluding steroid dienone is 6. The van der Waals surface area contributed by atoms with Gasteiger partial charge in [-0.3, -0.25) is 57.6 Å². The Kier molecular flexibility index (Phi) is 19.6. The lowest BCUT2D eigenvalue weighted by Crippen LogP contribution is -2.56. The molecule has 15 atom stereocenters. The number of aliphatic hydroxyl groups excluding tert-OH is 2. The SMILES string of the molecule is CC1=C2N=C(C=C3N/C(=C(/C)C4=N[C@@](C)([C@H]5N=C1[C@](C)(CCC(=O)NC[C@@H](C)OP(=O)(O)O[C@H]1C(O)[C@@H](n6cnc7cc(C)c(C)cc76)O[C@@H]1CO)[C@H]5CC(N)=O)[C@@](C)(CC(N)=O)[C@@H]4CCC(N)=O)[C@@](C)(CC(N)=O)[C@@H]3CCC(N)=O)C(C)(C)[C@@H]2CCC(N)=O. The molecular formula is C62H90N13O14P. The van der Waals surface area contributed by atoms with E-state index in [2.05, 4.69) is 15.6 Å². The summed E-state index contributed by atoms with van der Waals surface area (Å²) in [5.74, 6) is -7.18. The summed E-state index contributed by atoms with van der Waals surface area (Å²) < 4.78 is 32.3. The van der Waals surface area contributed by atoms with Crippen LogP contribution >= 0.6 is 7.82 Å². The van der Waals surface area contributed by atoms with E-state index < -0.39 is 143 Å². The number of imidazole rings is 1. The van der Waals surface area contributed by atoms with E-state index in [9.17, 15) is 53.2 Å². The van der Waals surface area contributed by atoms with Crippen molar-refractivity contribution >= 4 is 77.3 Å². The number of carbonyl (C=O) groups excluding carboxylic acids is 7. The highest BCUT2D eigenvalue weighted by molar-refractivity contribution is 7.47. The van der Waals surface area contributed by atoms with Crippen LogP contribution in [0.25, 0.3) is 11.0 Å². The Bertz CT molecular complexity index is 3540. The number of aliphatic hydroxyl groups is 2. The van der Waals surface area contributed by atoms with E-state index in [-0.39, 0.29) is 77.2 Å². The number of primary amides is 6. The highest BCUT2D eigenvalue weighted by atomic mass is 31.2. The molecule has 1 aromatic heterocycles. The van der Waals surface area contributed by atoms with E-state index in [1.807, 2.05) is 87.4 Å². The average molecular weight is 1270 g/mol. The van der Waals surface area contributed by atoms with Crippen LogP contribution in [0.3, 0.4) is 0 Å². The molecule has 8 bridgehead atoms. The third-order valence-corrected chi connectivity index (χ3v) is 21.7. The van der Waals surface area contributed by atoms with E-state index in [0.29, 0.717) is 56.4 Å². The smallest absolute Gasteiger partial charge is 0.394 e. The monoisotopic (exact) mass is 1270 g/mol. The molecule has 28 heteroatoms. The number of nitrogens with zero attached hydrogens (tertiary/aromatic N) is 5. The summed E-state index contributed by atoms with van der Waals surface area (Å²) in [6, 6.07) is 2.70. The van der Waals surface area contributed by atoms with Crippen molar-refractivity contribution in [1.82, 2.24) is 20.2 Å². The number of ether oxygens (including phenoxy) is 1. The number of benzene rings is 1. The summed E-state index contributed by atoms with van der Waals surface area (Å²) in [4.78, 5) is 126. The van der Waals surface area contributed by atoms with Gasteiger partial charge in [0, 0.05) is 131 Å². The van der Waals surface area contributed by atoms with E-state index in [1.165, 1.54) is 13.3 Å². The van der Waals surface area contributed by atoms with Crippen LogP contribution in [0.1, 0.15) is 150 Å². The van der Waals surface area contributed by atoms with Gasteiger partial charge in [0.05, 0.1) is 41.7 Å². The van der Waals surface area contributed by atoms with Crippen LogP contribution in [-0.2, 0) is 51.9 Å². The van der Waals surface area contributed by atoms with Crippen molar-refractivity contribution in [3.05, 3.63) is 63.9 Å². The molecule has 17 N–H and O–H groups in total. The minimum Gasteiger partial charge on any atom is -0.394 e. The van der Waals surface area contributed by atoms with Crippen molar-refractivity contribution in [3.63, 3.8) is 0 Å². The van der Waals surface area contributed by atoms with E-state index in [4.69, 9.17) is 63.2 Å². The molecule has 27 nitrogen and oxygen atoms in total. The highest BCUT2D eigenvalue weighted by Crippen LogP contribution is 2.63. The van der Waals surface area contributed by atoms with Gasteiger partial charge in [-0.2, -0.15) is 0 Å². The van der Waals surface area contributed by atoms with Crippen LogP contribution in [-0.4, -0.2) is 132 Å². The Labute approximate surface area is 523 Å². The molecule has 2 aromatic rings. The third kappa shape index (κ3) is 13.0. The topological polar surface area (TPSA) is 460 Å². The van der Waals surface area contributed by atoms with Crippen molar-refractivity contribution in [2.75, 3.05) is 13.2 Å². The third-order valence-electron chi connectivity index (χ3n) is 20.6. The number of nitrogens with one attached hydrogen (secondary N) is 2. The van der Waals surface area contributed by atoms with Crippen molar-refractivity contribution < 1.29 is 67.0 Å². The fraction of sp³-hybridized carbons (Fsp3) is 0.629. The number of hydrogen-bond acceptors (Lipinski definition) is 18. The number of aliphatic imine (C=N–C) groups is 3. The van der Waals surface area contributed by atoms with E-state index in [0.717, 1.165) is 11.1 Å². The van der Waals surface area contributed by atoms with Crippen molar-refractivity contribution in [2.45, 2.75) is 189 Å². The van der Waals surface area contributed by atoms with Gasteiger partial charge < -0.3 is 69.4 Å². The van der Waals surface area contributed by atoms with Gasteiger partial charge in [0.15, 0.2) is 6.23 Å². The number of aryl methyl sites for hydroxylation is 2. The van der Waals surface area contributed by atoms with Gasteiger partial charge in [0.25, 0.3) is 0 Å². The molecular weight excluding hydrogens is 1180 g/mol. The molecule has 2 unspecified atom stereocenters. The van der Waals surface area contributed by atoms with Crippen molar-refractivity contribution in [1.29, 1.82) is 0 Å². The number of amides is 7. The Hall–Kier alpha value is -7.00. The van der Waals surface area contributed by atoms with Gasteiger partial charge in [-0.05, 0) is 108 Å². The summed E-state index contributed by atoms with van der Waals surface area (Å²) >= 11 is 0. The Balaban J connectivity index is 1.19. The quantitative estimate of drug-likeness (QED) is 0.0603. The summed E-state index contributed by atoms with van der Waals surface area (Å²) in [5, 5.41) is 28.2. The number of phosphoric acid groups is 1. The lowest BCUT2D eigenvalue weighted by molar-refractivity contribution is -0.124. The predicted molar refractivity (Wildman–Crippen MR) is 334 cm³/mol. The van der Waals surface area contributed by atoms with Crippen LogP contribution in [0.5, 0.6) is 0 Å². The highest BCUT2D eigenvalue weighted by Gasteiger charge is 2.66. The van der Waals surface area contributed by atoms with Gasteiger partial charge in [-0.1, -0.05) is 34.6 Å². The number of rotatable bonds is 26. The minimum absolute atomic E-state index is 0.0114. The van der Waals surface area contributed by atoms with E-state index >= 15 is 0 Å². The maximum absolute atomic E-state index is 14.4. The molecule has 8 rings (SSSR count). The van der Waals surface area contributed by atoms with Crippen LogP contribution in [0.2, 0.25) is 0 Å². The zero-order valence-electron chi connectivity index (χ0n) is 53.3. The molecule has 7 amide bonds. The standard InChI is InChI=1S/C62H90N13O14P/c1-29-20-39-40(21-30(29)2)75(28-70-39)57-52(84)53(41(27-76)87-57)89-90(85,86)88-31(3)26-69-49(83)18-19-59(8)37(22-46(66)80)56-62(11)61(10,25-48(68)82)36(14-17-45(65)79)51(74-62)33(5)55-60(9,24-47(67)81)34(12-15-43(63)77)38(71-55)23-42-58(6,7)35(13-16-44(64)78)50(72-42)32(4)54(59)73-56/h20-21,23,28,31,34-37,41,52-53,56-57,71,76,84H,12-19,22,24-27H2,1-11H3,(H2,63,77)(H2,64,78)(H2,65,79)(H2,66,80)(H2,67,81)(H2,68,82)(H,69,83)(H,85,86)/b38-23?,50-32?,55-33-/t31-,34-,35-,36-,37+,41-,52?,53-,56+,57+,59-,60+,61+,62+/m1/s1. The zero-order chi connectivity index (χ0) is 66.7. The van der Waals surface area contributed by atoms with Gasteiger partial charge >= 0.3 is 7.82 Å². The number of phosphoric ester groups is 1. The molecule has 90 heavy (non-hydrogen) atoms.